The van der Waals surface area contributed by atoms with E-state index < -0.39 is 0 Å². The molecule has 1 aromatic heterocycles. The van der Waals surface area contributed by atoms with Crippen molar-refractivity contribution in [2.75, 3.05) is 4.90 Å². The third-order valence-corrected chi connectivity index (χ3v) is 17.8. The van der Waals surface area contributed by atoms with E-state index in [2.05, 4.69) is 160 Å². The molecule has 2 bridgehead atoms. The molecule has 6 atom stereocenters. The van der Waals surface area contributed by atoms with E-state index in [9.17, 15) is 0 Å². The number of furan rings is 1. The third kappa shape index (κ3) is 4.15. The van der Waals surface area contributed by atoms with Crippen LogP contribution in [0, 0.1) is 29.1 Å². The Morgan fingerprint density at radius 1 is 0.579 bits per heavy atom. The van der Waals surface area contributed by atoms with Gasteiger partial charge in [-0.05, 0) is 172 Å². The van der Waals surface area contributed by atoms with E-state index in [4.69, 9.17) is 4.42 Å². The van der Waals surface area contributed by atoms with Crippen LogP contribution in [0.1, 0.15) is 88.5 Å². The van der Waals surface area contributed by atoms with E-state index >= 15 is 0 Å². The summed E-state index contributed by atoms with van der Waals surface area (Å²) >= 11 is 2.01. The molecular formula is C54H49NOS. The number of rotatable bonds is 4. The molecule has 5 aliphatic carbocycles. The van der Waals surface area contributed by atoms with Gasteiger partial charge >= 0.3 is 0 Å². The number of para-hydroxylation sites is 1. The maximum atomic E-state index is 6.33. The van der Waals surface area contributed by atoms with E-state index in [-0.39, 0.29) is 16.2 Å². The topological polar surface area (TPSA) is 16.4 Å². The summed E-state index contributed by atoms with van der Waals surface area (Å²) in [5.41, 5.74) is 15.3. The van der Waals surface area contributed by atoms with Crippen LogP contribution in [0.3, 0.4) is 0 Å². The monoisotopic (exact) mass is 759 g/mol. The normalized spacial score (nSPS) is 29.0. The Morgan fingerprint density at radius 2 is 1.30 bits per heavy atom. The second kappa shape index (κ2) is 11.1. The van der Waals surface area contributed by atoms with E-state index in [1.807, 2.05) is 11.8 Å². The van der Waals surface area contributed by atoms with Crippen molar-refractivity contribution >= 4 is 50.8 Å². The average Bonchev–Trinajstić information content (AvgIpc) is 3.89. The highest BCUT2D eigenvalue weighted by Gasteiger charge is 2.84. The highest BCUT2D eigenvalue weighted by molar-refractivity contribution is 7.99. The molecule has 2 spiro atoms. The highest BCUT2D eigenvalue weighted by Crippen LogP contribution is 2.89. The standard InChI is InChI=1S/C54H49NOS/c1-51(2)24-25-52(3,4)50-41(51)12-9-13-43(50)55(37-21-22-45-39(30-37)38-10-5-7-14-44(38)56-45)36-19-16-33(17-20-36)34-18-23-47-42(28-34)54(40-11-6-8-15-46(40)57-47)48-27-32-26-35-29-49(54)53(35,48)31-32/h5-23,28,30,32,35,48-49H,24-27,29,31H2,1-4H3. The van der Waals surface area contributed by atoms with Crippen molar-refractivity contribution in [2.24, 2.45) is 29.1 Å². The summed E-state index contributed by atoms with van der Waals surface area (Å²) in [6, 6.07) is 48.7. The fourth-order valence-electron chi connectivity index (χ4n) is 14.2. The molecule has 0 saturated heterocycles. The first-order valence-electron chi connectivity index (χ1n) is 21.5. The first-order valence-corrected chi connectivity index (χ1v) is 22.4. The van der Waals surface area contributed by atoms with Crippen molar-refractivity contribution in [2.45, 2.75) is 92.3 Å². The zero-order valence-electron chi connectivity index (χ0n) is 33.4. The van der Waals surface area contributed by atoms with E-state index in [0.717, 1.165) is 57.7 Å². The van der Waals surface area contributed by atoms with Crippen LogP contribution in [0.4, 0.5) is 17.1 Å². The molecule has 7 aromatic rings. The van der Waals surface area contributed by atoms with Gasteiger partial charge in [-0.15, -0.1) is 0 Å². The zero-order valence-corrected chi connectivity index (χ0v) is 34.3. The molecule has 1 aliphatic heterocycles. The van der Waals surface area contributed by atoms with Crippen molar-refractivity contribution in [1.29, 1.82) is 0 Å². The van der Waals surface area contributed by atoms with Gasteiger partial charge in [-0.1, -0.05) is 106 Å². The minimum atomic E-state index is 0.0428. The number of hydrogen-bond donors (Lipinski definition) is 0. The molecular weight excluding hydrogens is 711 g/mol. The van der Waals surface area contributed by atoms with Gasteiger partial charge in [0.15, 0.2) is 0 Å². The molecule has 0 amide bonds. The Balaban J connectivity index is 0.952. The number of anilines is 3. The van der Waals surface area contributed by atoms with Gasteiger partial charge in [0, 0.05) is 37.4 Å². The molecule has 2 nitrogen and oxygen atoms in total. The summed E-state index contributed by atoms with van der Waals surface area (Å²) in [7, 11) is 0. The average molecular weight is 760 g/mol. The summed E-state index contributed by atoms with van der Waals surface area (Å²) < 4.78 is 6.33. The van der Waals surface area contributed by atoms with Crippen LogP contribution in [0.25, 0.3) is 33.1 Å². The first-order chi connectivity index (χ1) is 27.7. The predicted octanol–water partition coefficient (Wildman–Crippen LogP) is 14.9. The fourth-order valence-corrected chi connectivity index (χ4v) is 15.4. The number of fused-ring (bicyclic) bond motifs is 11. The molecule has 3 heteroatoms. The number of hydrogen-bond acceptors (Lipinski definition) is 3. The van der Waals surface area contributed by atoms with Gasteiger partial charge in [0.05, 0.1) is 5.69 Å². The lowest BCUT2D eigenvalue weighted by Gasteiger charge is -2.78. The molecule has 57 heavy (non-hydrogen) atoms. The van der Waals surface area contributed by atoms with Gasteiger partial charge in [0.25, 0.3) is 0 Å². The molecule has 6 unspecified atom stereocenters. The molecule has 4 saturated carbocycles. The fraction of sp³-hybridized carbons (Fsp3) is 0.333. The first kappa shape index (κ1) is 33.3. The molecule has 6 aromatic carbocycles. The third-order valence-electron chi connectivity index (χ3n) is 16.6. The maximum absolute atomic E-state index is 6.33. The van der Waals surface area contributed by atoms with Crippen LogP contribution >= 0.6 is 11.8 Å². The predicted molar refractivity (Wildman–Crippen MR) is 235 cm³/mol. The van der Waals surface area contributed by atoms with Crippen LogP contribution in [0.5, 0.6) is 0 Å². The largest absolute Gasteiger partial charge is 0.456 e. The lowest BCUT2D eigenvalue weighted by atomic mass is 9.26. The highest BCUT2D eigenvalue weighted by atomic mass is 32.2. The summed E-state index contributed by atoms with van der Waals surface area (Å²) in [5.74, 6) is 3.54. The Kier molecular flexibility index (Phi) is 6.45. The Morgan fingerprint density at radius 3 is 2.18 bits per heavy atom. The summed E-state index contributed by atoms with van der Waals surface area (Å²) in [5, 5.41) is 2.31. The van der Waals surface area contributed by atoms with E-state index in [1.165, 1.54) is 75.5 Å². The Hall–Kier alpha value is -4.73. The van der Waals surface area contributed by atoms with Gasteiger partial charge in [-0.3, -0.25) is 0 Å². The lowest BCUT2D eigenvalue weighted by Crippen LogP contribution is -2.74. The van der Waals surface area contributed by atoms with E-state index in [1.54, 1.807) is 11.1 Å². The van der Waals surface area contributed by atoms with Crippen LogP contribution < -0.4 is 4.90 Å². The summed E-state index contributed by atoms with van der Waals surface area (Å²) in [4.78, 5) is 5.51. The quantitative estimate of drug-likeness (QED) is 0.178. The number of benzene rings is 6. The molecule has 13 rings (SSSR count). The van der Waals surface area contributed by atoms with Gasteiger partial charge in [-0.25, -0.2) is 0 Å². The van der Waals surface area contributed by atoms with Crippen molar-refractivity contribution in [3.05, 3.63) is 150 Å². The van der Waals surface area contributed by atoms with Crippen LogP contribution in [0.15, 0.2) is 142 Å². The SMILES string of the molecule is CC1(C)CCC(C)(C)c2c(N(c3ccc(-c4ccc5c(c4)C4(c6ccccc6S5)C5CC6CC7CC4C75C6)cc3)c3ccc4oc5ccccc5c4c3)cccc21. The van der Waals surface area contributed by atoms with Crippen molar-refractivity contribution < 1.29 is 4.42 Å². The van der Waals surface area contributed by atoms with Crippen LogP contribution in [-0.4, -0.2) is 0 Å². The lowest BCUT2D eigenvalue weighted by molar-refractivity contribution is -0.235. The molecule has 282 valence electrons. The van der Waals surface area contributed by atoms with Gasteiger partial charge in [0.1, 0.15) is 11.2 Å². The summed E-state index contributed by atoms with van der Waals surface area (Å²) in [6.07, 6.45) is 8.21. The molecule has 0 radical (unpaired) electrons. The van der Waals surface area contributed by atoms with Crippen molar-refractivity contribution in [3.63, 3.8) is 0 Å². The van der Waals surface area contributed by atoms with Gasteiger partial charge in [-0.2, -0.15) is 0 Å². The van der Waals surface area contributed by atoms with Crippen molar-refractivity contribution in [3.8, 4) is 11.1 Å². The van der Waals surface area contributed by atoms with E-state index in [0.29, 0.717) is 5.41 Å². The van der Waals surface area contributed by atoms with Gasteiger partial charge < -0.3 is 9.32 Å². The number of nitrogens with zero attached hydrogens (tertiary/aromatic N) is 1. The van der Waals surface area contributed by atoms with Crippen LogP contribution in [0.2, 0.25) is 0 Å². The molecule has 4 fully saturated rings. The Labute approximate surface area is 340 Å². The Bertz CT molecular complexity index is 2840. The maximum Gasteiger partial charge on any atom is 0.135 e. The minimum Gasteiger partial charge on any atom is -0.456 e. The second-order valence-electron chi connectivity index (χ2n) is 20.0. The molecule has 0 N–H and O–H groups in total. The summed E-state index contributed by atoms with van der Waals surface area (Å²) in [6.45, 7) is 9.75. The van der Waals surface area contributed by atoms with Crippen LogP contribution in [-0.2, 0) is 16.2 Å². The zero-order chi connectivity index (χ0) is 38.1. The minimum absolute atomic E-state index is 0.0428. The molecule has 6 aliphatic rings. The smallest absolute Gasteiger partial charge is 0.135 e. The van der Waals surface area contributed by atoms with Gasteiger partial charge in [0.2, 0.25) is 0 Å². The molecule has 2 heterocycles. The second-order valence-corrected chi connectivity index (χ2v) is 21.1. The van der Waals surface area contributed by atoms with Crippen molar-refractivity contribution in [1.82, 2.24) is 0 Å².